The van der Waals surface area contributed by atoms with Gasteiger partial charge in [-0.15, -0.1) is 0 Å². The molecule has 0 saturated carbocycles. The molecule has 0 N–H and O–H groups in total. The van der Waals surface area contributed by atoms with Crippen LogP contribution in [0.4, 0.5) is 0 Å². The van der Waals surface area contributed by atoms with E-state index in [0.29, 0.717) is 26.1 Å². The van der Waals surface area contributed by atoms with E-state index in [-0.39, 0.29) is 24.3 Å². The monoisotopic (exact) mass is 722 g/mol. The van der Waals surface area contributed by atoms with Gasteiger partial charge in [-0.05, 0) is 85.4 Å². The molecule has 0 amide bonds. The second kappa shape index (κ2) is 39.5. The summed E-state index contributed by atoms with van der Waals surface area (Å²) in [4.78, 5) is 26.2. The minimum absolute atomic E-state index is 0.0699. The van der Waals surface area contributed by atoms with Gasteiger partial charge < -0.3 is 23.8 Å². The summed E-state index contributed by atoms with van der Waals surface area (Å²) >= 11 is 0. The van der Waals surface area contributed by atoms with Crippen LogP contribution >= 0.6 is 0 Å². The minimum Gasteiger partial charge on any atom is -0.461 e. The van der Waals surface area contributed by atoms with Gasteiger partial charge in [0.25, 0.3) is 0 Å². The van der Waals surface area contributed by atoms with E-state index in [9.17, 15) is 9.59 Å². The van der Waals surface area contributed by atoms with Crippen LogP contribution < -0.4 is 0 Å². The Kier molecular flexibility index (Phi) is 38.2. The molecule has 7 heteroatoms. The van der Waals surface area contributed by atoms with Crippen LogP contribution in [0.15, 0.2) is 24.3 Å². The van der Waals surface area contributed by atoms with Crippen molar-refractivity contribution in [1.29, 1.82) is 0 Å². The first-order chi connectivity index (χ1) is 24.9. The number of esters is 2. The van der Waals surface area contributed by atoms with E-state index in [1.54, 1.807) is 0 Å². The molecule has 2 atom stereocenters. The molecule has 0 aromatic heterocycles. The first-order valence-corrected chi connectivity index (χ1v) is 21.4. The van der Waals surface area contributed by atoms with Crippen molar-refractivity contribution < 1.29 is 28.5 Å². The van der Waals surface area contributed by atoms with Crippen LogP contribution in [-0.2, 0) is 28.5 Å². The van der Waals surface area contributed by atoms with Crippen LogP contribution in [-0.4, -0.2) is 69.7 Å². The molecule has 300 valence electrons. The predicted octanol–water partition coefficient (Wildman–Crippen LogP) is 12.1. The number of carbonyl (C=O) groups excluding carboxylic acids is 2. The van der Waals surface area contributed by atoms with Gasteiger partial charge in [-0.2, -0.15) is 0 Å². The van der Waals surface area contributed by atoms with Crippen molar-refractivity contribution in [2.75, 3.05) is 40.5 Å². The highest BCUT2D eigenvalue weighted by Crippen LogP contribution is 2.19. The van der Waals surface area contributed by atoms with Gasteiger partial charge >= 0.3 is 11.9 Å². The molecular formula is C44H83NO6. The van der Waals surface area contributed by atoms with E-state index < -0.39 is 0 Å². The van der Waals surface area contributed by atoms with E-state index in [1.807, 2.05) is 19.1 Å². The number of rotatable bonds is 39. The van der Waals surface area contributed by atoms with Crippen molar-refractivity contribution in [3.8, 4) is 0 Å². The molecule has 2 unspecified atom stereocenters. The molecule has 0 radical (unpaired) electrons. The fourth-order valence-electron chi connectivity index (χ4n) is 6.09. The molecule has 0 bridgehead atoms. The van der Waals surface area contributed by atoms with Crippen molar-refractivity contribution in [1.82, 2.24) is 4.90 Å². The fourth-order valence-corrected chi connectivity index (χ4v) is 6.09. The van der Waals surface area contributed by atoms with Gasteiger partial charge in [0.2, 0.25) is 0 Å². The lowest BCUT2D eigenvalue weighted by Crippen LogP contribution is -2.24. The normalized spacial score (nSPS) is 13.1. The minimum atomic E-state index is -0.183. The molecule has 7 nitrogen and oxygen atoms in total. The van der Waals surface area contributed by atoms with Crippen LogP contribution in [0.1, 0.15) is 194 Å². The molecule has 0 spiro atoms. The van der Waals surface area contributed by atoms with E-state index in [0.717, 1.165) is 90.2 Å². The average molecular weight is 722 g/mol. The molecule has 0 heterocycles. The second-order valence-corrected chi connectivity index (χ2v) is 14.7. The maximum absolute atomic E-state index is 12.0. The van der Waals surface area contributed by atoms with Gasteiger partial charge in [-0.3, -0.25) is 9.59 Å². The zero-order chi connectivity index (χ0) is 37.5. The zero-order valence-electron chi connectivity index (χ0n) is 34.3. The number of nitrogens with zero attached hydrogens (tertiary/aromatic N) is 1. The predicted molar refractivity (Wildman–Crippen MR) is 215 cm³/mol. The number of allylic oxidation sites excluding steroid dienone is 2. The van der Waals surface area contributed by atoms with Crippen LogP contribution in [0.5, 0.6) is 0 Å². The first kappa shape index (κ1) is 49.3. The molecule has 0 aromatic carbocycles. The van der Waals surface area contributed by atoms with Gasteiger partial charge in [0.15, 0.2) is 6.29 Å². The largest absolute Gasteiger partial charge is 0.461 e. The summed E-state index contributed by atoms with van der Waals surface area (Å²) in [5.74, 6) is -0.148. The van der Waals surface area contributed by atoms with Gasteiger partial charge in [0.1, 0.15) is 13.2 Å². The van der Waals surface area contributed by atoms with Crippen molar-refractivity contribution in [3.63, 3.8) is 0 Å². The standard InChI is InChI=1S/C44H83NO6/c1-6-8-10-12-17-24-30-38-49-43(46)35-28-22-16-14-15-20-26-33-42(51-41(3)48-40-32-37-45(4)5)34-27-21-19-23-29-36-44(47)50-39-31-25-18-13-11-9-7-2/h24-25,30-31,41-42H,6-23,26-29,32-40H2,1-5H3/b30-24-,31-25-. The third kappa shape index (κ3) is 39.3. The summed E-state index contributed by atoms with van der Waals surface area (Å²) in [6, 6.07) is 0. The lowest BCUT2D eigenvalue weighted by Gasteiger charge is -2.23. The van der Waals surface area contributed by atoms with Crippen LogP contribution in [0.3, 0.4) is 0 Å². The molecule has 0 aliphatic rings. The van der Waals surface area contributed by atoms with E-state index >= 15 is 0 Å². The molecule has 0 saturated heterocycles. The topological polar surface area (TPSA) is 74.3 Å². The lowest BCUT2D eigenvalue weighted by atomic mass is 10.0. The summed E-state index contributed by atoms with van der Waals surface area (Å²) in [5.41, 5.74) is 0. The van der Waals surface area contributed by atoms with Crippen LogP contribution in [0.25, 0.3) is 0 Å². The molecule has 51 heavy (non-hydrogen) atoms. The van der Waals surface area contributed by atoms with E-state index in [1.165, 1.54) is 83.5 Å². The van der Waals surface area contributed by atoms with E-state index in [2.05, 4.69) is 45.0 Å². The summed E-state index contributed by atoms with van der Waals surface area (Å²) in [6.07, 6.45) is 38.2. The number of hydrogen-bond acceptors (Lipinski definition) is 7. The summed E-state index contributed by atoms with van der Waals surface area (Å²) < 4.78 is 23.1. The Morgan fingerprint density at radius 1 is 0.549 bits per heavy atom. The van der Waals surface area contributed by atoms with Gasteiger partial charge in [0.05, 0.1) is 12.7 Å². The Hall–Kier alpha value is -1.70. The lowest BCUT2D eigenvalue weighted by molar-refractivity contribution is -0.164. The third-order valence-electron chi connectivity index (χ3n) is 9.26. The highest BCUT2D eigenvalue weighted by molar-refractivity contribution is 5.69. The Bertz CT molecular complexity index is 813. The van der Waals surface area contributed by atoms with Gasteiger partial charge in [-0.25, -0.2) is 0 Å². The maximum Gasteiger partial charge on any atom is 0.306 e. The molecular weight excluding hydrogens is 638 g/mol. The maximum atomic E-state index is 12.0. The van der Waals surface area contributed by atoms with Crippen LogP contribution in [0.2, 0.25) is 0 Å². The first-order valence-electron chi connectivity index (χ1n) is 21.4. The summed E-state index contributed by atoms with van der Waals surface area (Å²) in [6.45, 7) is 9.04. The van der Waals surface area contributed by atoms with Crippen LogP contribution in [0, 0.1) is 0 Å². The number of hydrogen-bond donors (Lipinski definition) is 0. The van der Waals surface area contributed by atoms with E-state index in [4.69, 9.17) is 18.9 Å². The highest BCUT2D eigenvalue weighted by atomic mass is 16.7. The Morgan fingerprint density at radius 3 is 1.43 bits per heavy atom. The molecule has 0 aliphatic heterocycles. The van der Waals surface area contributed by atoms with Gasteiger partial charge in [-0.1, -0.05) is 141 Å². The van der Waals surface area contributed by atoms with Crippen molar-refractivity contribution >= 4 is 11.9 Å². The quantitative estimate of drug-likeness (QED) is 0.0271. The Balaban J connectivity index is 4.10. The summed E-state index contributed by atoms with van der Waals surface area (Å²) in [7, 11) is 4.18. The number of ether oxygens (including phenoxy) is 4. The zero-order valence-corrected chi connectivity index (χ0v) is 34.3. The smallest absolute Gasteiger partial charge is 0.306 e. The summed E-state index contributed by atoms with van der Waals surface area (Å²) in [5, 5.41) is 0. The highest BCUT2D eigenvalue weighted by Gasteiger charge is 2.14. The molecule has 0 aliphatic carbocycles. The number of carbonyl (C=O) groups is 2. The van der Waals surface area contributed by atoms with Crippen molar-refractivity contribution in [3.05, 3.63) is 24.3 Å². The molecule has 0 aromatic rings. The Labute approximate surface area is 316 Å². The molecule has 0 fully saturated rings. The molecule has 0 rings (SSSR count). The third-order valence-corrected chi connectivity index (χ3v) is 9.26. The number of unbranched alkanes of at least 4 members (excludes halogenated alkanes) is 18. The SMILES string of the molecule is CCCCCC/C=C\COC(=O)CCCCCCCCCC(CCCCCCCC(=O)OC/C=C\CCCCCC)OC(C)OCCCN(C)C. The average Bonchev–Trinajstić information content (AvgIpc) is 3.11. The Morgan fingerprint density at radius 2 is 0.980 bits per heavy atom. The van der Waals surface area contributed by atoms with Gasteiger partial charge in [0, 0.05) is 12.8 Å². The fraction of sp³-hybridized carbons (Fsp3) is 0.864. The van der Waals surface area contributed by atoms with Crippen molar-refractivity contribution in [2.45, 2.75) is 207 Å². The second-order valence-electron chi connectivity index (χ2n) is 14.7. The van der Waals surface area contributed by atoms with Crippen molar-refractivity contribution in [2.24, 2.45) is 0 Å².